The van der Waals surface area contributed by atoms with Crippen molar-refractivity contribution < 1.29 is 22.0 Å². The fourth-order valence-corrected chi connectivity index (χ4v) is 5.66. The fourth-order valence-electron chi connectivity index (χ4n) is 3.73. The van der Waals surface area contributed by atoms with E-state index in [0.29, 0.717) is 12.8 Å². The average molecular weight is 280 g/mol. The third-order valence-corrected chi connectivity index (χ3v) is 6.68. The Morgan fingerprint density at radius 3 is 2.39 bits per heavy atom. The number of Topliss-reactive ketones (excluding diaryl/α,β-unsaturated/α-hetero) is 1. The van der Waals surface area contributed by atoms with Gasteiger partial charge < -0.3 is 0 Å². The van der Waals surface area contributed by atoms with Crippen LogP contribution in [0.3, 0.4) is 0 Å². The minimum absolute atomic E-state index is 0.0541. The summed E-state index contributed by atoms with van der Waals surface area (Å²) in [6.07, 6.45) is -1.13. The minimum atomic E-state index is -3.88. The van der Waals surface area contributed by atoms with E-state index in [1.54, 1.807) is 0 Å². The molecule has 2 bridgehead atoms. The highest BCUT2D eigenvalue weighted by atomic mass is 32.2. The predicted molar refractivity (Wildman–Crippen MR) is 63.2 cm³/mol. The summed E-state index contributed by atoms with van der Waals surface area (Å²) in [5.74, 6) is -1.40. The van der Waals surface area contributed by atoms with Gasteiger partial charge in [-0.05, 0) is 24.2 Å². The number of ketones is 1. The van der Waals surface area contributed by atoms with E-state index in [2.05, 4.69) is 0 Å². The van der Waals surface area contributed by atoms with Crippen LogP contribution in [0.4, 0.5) is 8.78 Å². The van der Waals surface area contributed by atoms with E-state index in [-0.39, 0.29) is 17.1 Å². The van der Waals surface area contributed by atoms with Crippen LogP contribution in [0.15, 0.2) is 0 Å². The number of hydrogen-bond donors (Lipinski definition) is 0. The van der Waals surface area contributed by atoms with Crippen LogP contribution in [0.1, 0.15) is 33.1 Å². The molecular weight excluding hydrogens is 262 g/mol. The molecule has 2 saturated carbocycles. The Kier molecular flexibility index (Phi) is 3.08. The lowest BCUT2D eigenvalue weighted by molar-refractivity contribution is -0.128. The smallest absolute Gasteiger partial charge is 0.252 e. The van der Waals surface area contributed by atoms with Crippen molar-refractivity contribution in [1.82, 2.24) is 0 Å². The first-order chi connectivity index (χ1) is 8.11. The largest absolute Gasteiger partial charge is 0.299 e. The van der Waals surface area contributed by atoms with Gasteiger partial charge in [0.2, 0.25) is 0 Å². The number of carbonyl (C=O) groups excluding carboxylic acids is 1. The molecule has 2 aliphatic carbocycles. The Morgan fingerprint density at radius 1 is 1.39 bits per heavy atom. The van der Waals surface area contributed by atoms with E-state index in [1.165, 1.54) is 0 Å². The lowest BCUT2D eigenvalue weighted by Gasteiger charge is -2.36. The van der Waals surface area contributed by atoms with Gasteiger partial charge in [-0.2, -0.15) is 0 Å². The quantitative estimate of drug-likeness (QED) is 0.792. The molecule has 3 nitrogen and oxygen atoms in total. The van der Waals surface area contributed by atoms with Crippen molar-refractivity contribution in [1.29, 1.82) is 0 Å². The molecule has 2 rings (SSSR count). The van der Waals surface area contributed by atoms with Crippen LogP contribution in [-0.2, 0) is 14.6 Å². The summed E-state index contributed by atoms with van der Waals surface area (Å²) in [5.41, 5.74) is -1.31. The van der Waals surface area contributed by atoms with Crippen molar-refractivity contribution in [3.8, 4) is 0 Å². The summed E-state index contributed by atoms with van der Waals surface area (Å²) < 4.78 is 48.1. The van der Waals surface area contributed by atoms with Crippen molar-refractivity contribution in [2.24, 2.45) is 16.7 Å². The maximum atomic E-state index is 12.3. The summed E-state index contributed by atoms with van der Waals surface area (Å²) in [4.78, 5) is 12.1. The molecule has 0 heterocycles. The zero-order valence-electron chi connectivity index (χ0n) is 10.6. The highest BCUT2D eigenvalue weighted by molar-refractivity contribution is 7.91. The van der Waals surface area contributed by atoms with Crippen LogP contribution < -0.4 is 0 Å². The van der Waals surface area contributed by atoms with Gasteiger partial charge in [0, 0.05) is 11.8 Å². The van der Waals surface area contributed by atoms with E-state index < -0.39 is 33.2 Å². The van der Waals surface area contributed by atoms with Gasteiger partial charge in [0.15, 0.2) is 9.84 Å². The average Bonchev–Trinajstić information content (AvgIpc) is 2.48. The normalized spacial score (nSPS) is 34.5. The number of fused-ring (bicyclic) bond motifs is 2. The first kappa shape index (κ1) is 13.9. The molecule has 0 saturated heterocycles. The van der Waals surface area contributed by atoms with Crippen molar-refractivity contribution in [3.63, 3.8) is 0 Å². The highest BCUT2D eigenvalue weighted by Crippen LogP contribution is 2.64. The number of halogens is 2. The van der Waals surface area contributed by atoms with E-state index in [4.69, 9.17) is 0 Å². The molecule has 0 aromatic rings. The zero-order chi connectivity index (χ0) is 13.8. The molecule has 2 fully saturated rings. The number of alkyl halides is 2. The summed E-state index contributed by atoms with van der Waals surface area (Å²) in [5, 5.41) is 0. The second kappa shape index (κ2) is 3.99. The number of hydrogen-bond acceptors (Lipinski definition) is 3. The molecule has 0 aromatic carbocycles. The third kappa shape index (κ3) is 1.89. The molecule has 0 aliphatic heterocycles. The Morgan fingerprint density at radius 2 is 2.00 bits per heavy atom. The molecule has 0 amide bonds. The van der Waals surface area contributed by atoms with Crippen molar-refractivity contribution in [2.45, 2.75) is 39.5 Å². The molecule has 6 heteroatoms. The molecule has 0 aromatic heterocycles. The van der Waals surface area contributed by atoms with Gasteiger partial charge in [0.1, 0.15) is 11.5 Å². The maximum Gasteiger partial charge on any atom is 0.252 e. The van der Waals surface area contributed by atoms with Crippen LogP contribution in [0, 0.1) is 16.7 Å². The van der Waals surface area contributed by atoms with Gasteiger partial charge in [-0.1, -0.05) is 13.8 Å². The van der Waals surface area contributed by atoms with Crippen LogP contribution >= 0.6 is 0 Å². The Hall–Kier alpha value is -0.520. The number of sulfone groups is 1. The van der Waals surface area contributed by atoms with E-state index in [0.717, 1.165) is 6.42 Å². The molecule has 0 N–H and O–H groups in total. The van der Waals surface area contributed by atoms with E-state index in [9.17, 15) is 22.0 Å². The second-order valence-corrected chi connectivity index (χ2v) is 8.22. The lowest BCUT2D eigenvalue weighted by Crippen LogP contribution is -2.43. The van der Waals surface area contributed by atoms with Crippen LogP contribution in [-0.4, -0.2) is 32.1 Å². The number of rotatable bonds is 4. The topological polar surface area (TPSA) is 51.2 Å². The van der Waals surface area contributed by atoms with E-state index >= 15 is 0 Å². The van der Waals surface area contributed by atoms with Crippen LogP contribution in [0.5, 0.6) is 0 Å². The molecule has 2 atom stereocenters. The second-order valence-electron chi connectivity index (χ2n) is 6.11. The SMILES string of the molecule is CC1(C)C2CCC1(CS(=O)(=O)CC(F)F)C(=O)C2. The third-order valence-electron chi connectivity index (χ3n) is 4.99. The standard InChI is InChI=1S/C12H18F2O3S/c1-11(2)8-3-4-12(11,9(15)5-8)7-18(16,17)6-10(13)14/h8,10H,3-7H2,1-2H3. The van der Waals surface area contributed by atoms with Gasteiger partial charge in [-0.3, -0.25) is 4.79 Å². The first-order valence-electron chi connectivity index (χ1n) is 6.13. The summed E-state index contributed by atoms with van der Waals surface area (Å²) in [7, 11) is -3.88. The van der Waals surface area contributed by atoms with Gasteiger partial charge in [0.05, 0.1) is 5.75 Å². The summed E-state index contributed by atoms with van der Waals surface area (Å²) in [6, 6.07) is 0. The molecular formula is C12H18F2O3S. The summed E-state index contributed by atoms with van der Waals surface area (Å²) >= 11 is 0. The lowest BCUT2D eigenvalue weighted by atomic mass is 9.70. The van der Waals surface area contributed by atoms with Crippen molar-refractivity contribution >= 4 is 15.6 Å². The molecule has 2 unspecified atom stereocenters. The Balaban J connectivity index is 2.30. The fraction of sp³-hybridized carbons (Fsp3) is 0.917. The first-order valence-corrected chi connectivity index (χ1v) is 7.95. The molecule has 18 heavy (non-hydrogen) atoms. The van der Waals surface area contributed by atoms with Crippen molar-refractivity contribution in [2.75, 3.05) is 11.5 Å². The molecule has 2 aliphatic rings. The monoisotopic (exact) mass is 280 g/mol. The van der Waals surface area contributed by atoms with Gasteiger partial charge in [-0.15, -0.1) is 0 Å². The number of carbonyl (C=O) groups is 1. The molecule has 0 spiro atoms. The summed E-state index contributed by atoms with van der Waals surface area (Å²) in [6.45, 7) is 3.79. The van der Waals surface area contributed by atoms with E-state index in [1.807, 2.05) is 13.8 Å². The van der Waals surface area contributed by atoms with Crippen LogP contribution in [0.25, 0.3) is 0 Å². The predicted octanol–water partition coefficient (Wildman–Crippen LogP) is 2.06. The van der Waals surface area contributed by atoms with Crippen molar-refractivity contribution in [3.05, 3.63) is 0 Å². The maximum absolute atomic E-state index is 12.3. The molecule has 0 radical (unpaired) electrons. The Labute approximate surface area is 106 Å². The minimum Gasteiger partial charge on any atom is -0.299 e. The van der Waals surface area contributed by atoms with Gasteiger partial charge in [0.25, 0.3) is 6.43 Å². The highest BCUT2D eigenvalue weighted by Gasteiger charge is 2.65. The Bertz CT molecular complexity index is 470. The van der Waals surface area contributed by atoms with Gasteiger partial charge >= 0.3 is 0 Å². The molecule has 104 valence electrons. The zero-order valence-corrected chi connectivity index (χ0v) is 11.4. The van der Waals surface area contributed by atoms with Crippen LogP contribution in [0.2, 0.25) is 0 Å². The van der Waals surface area contributed by atoms with Gasteiger partial charge in [-0.25, -0.2) is 17.2 Å².